The standard InChI is InChI=1S/C6H4I2.CH4O/c7-5-2-1-3-6(8)4-5;1-2/h1-4H;2H,1H3. The lowest BCUT2D eigenvalue weighted by Crippen LogP contribution is -1.69. The largest absolute Gasteiger partial charge is 0.400 e. The Bertz CT molecular complexity index is 171. The van der Waals surface area contributed by atoms with Crippen molar-refractivity contribution >= 4 is 45.2 Å². The Labute approximate surface area is 88.1 Å². The highest BCUT2D eigenvalue weighted by atomic mass is 127. The molecule has 10 heavy (non-hydrogen) atoms. The zero-order valence-corrected chi connectivity index (χ0v) is 9.83. The highest BCUT2D eigenvalue weighted by molar-refractivity contribution is 14.1. The van der Waals surface area contributed by atoms with Crippen LogP contribution in [0.15, 0.2) is 24.3 Å². The molecule has 0 spiro atoms. The molecule has 0 bridgehead atoms. The number of aliphatic hydroxyl groups excluding tert-OH is 1. The molecule has 1 aromatic carbocycles. The minimum atomic E-state index is 1.00. The van der Waals surface area contributed by atoms with Crippen LogP contribution in [0, 0.1) is 7.14 Å². The van der Waals surface area contributed by atoms with Crippen molar-refractivity contribution in [3.8, 4) is 0 Å². The first kappa shape index (κ1) is 10.6. The molecule has 0 aliphatic heterocycles. The van der Waals surface area contributed by atoms with E-state index in [4.69, 9.17) is 5.11 Å². The zero-order chi connectivity index (χ0) is 7.98. The second-order valence-corrected chi connectivity index (χ2v) is 3.93. The van der Waals surface area contributed by atoms with Crippen LogP contribution < -0.4 is 0 Å². The molecule has 0 aliphatic rings. The van der Waals surface area contributed by atoms with Crippen molar-refractivity contribution in [2.24, 2.45) is 0 Å². The third-order valence-electron chi connectivity index (χ3n) is 0.787. The number of hydrogen-bond acceptors (Lipinski definition) is 1. The van der Waals surface area contributed by atoms with Crippen molar-refractivity contribution in [2.45, 2.75) is 0 Å². The van der Waals surface area contributed by atoms with Gasteiger partial charge in [0.15, 0.2) is 0 Å². The normalized spacial score (nSPS) is 8.00. The molecule has 56 valence electrons. The minimum Gasteiger partial charge on any atom is -0.400 e. The second kappa shape index (κ2) is 6.36. The Morgan fingerprint density at radius 3 is 1.70 bits per heavy atom. The van der Waals surface area contributed by atoms with Gasteiger partial charge in [0.25, 0.3) is 0 Å². The van der Waals surface area contributed by atoms with Crippen molar-refractivity contribution in [1.29, 1.82) is 0 Å². The molecule has 1 nitrogen and oxygen atoms in total. The number of aliphatic hydroxyl groups is 1. The molecule has 0 amide bonds. The van der Waals surface area contributed by atoms with E-state index in [0.717, 1.165) is 7.11 Å². The van der Waals surface area contributed by atoms with E-state index in [1.165, 1.54) is 7.14 Å². The van der Waals surface area contributed by atoms with Gasteiger partial charge >= 0.3 is 0 Å². The lowest BCUT2D eigenvalue weighted by atomic mass is 10.4. The molecule has 0 radical (unpaired) electrons. The van der Waals surface area contributed by atoms with E-state index in [1.807, 2.05) is 0 Å². The molecular formula is C7H8I2O. The van der Waals surface area contributed by atoms with Gasteiger partial charge in [-0.25, -0.2) is 0 Å². The van der Waals surface area contributed by atoms with Gasteiger partial charge in [-0.15, -0.1) is 0 Å². The van der Waals surface area contributed by atoms with Crippen LogP contribution in [0.4, 0.5) is 0 Å². The fourth-order valence-corrected chi connectivity index (χ4v) is 2.14. The maximum absolute atomic E-state index is 7.00. The summed E-state index contributed by atoms with van der Waals surface area (Å²) in [6.07, 6.45) is 0. The smallest absolute Gasteiger partial charge is 0.0319 e. The third kappa shape index (κ3) is 4.45. The maximum atomic E-state index is 7.00. The molecule has 0 aliphatic carbocycles. The van der Waals surface area contributed by atoms with Gasteiger partial charge in [-0.3, -0.25) is 0 Å². The summed E-state index contributed by atoms with van der Waals surface area (Å²) >= 11 is 4.60. The van der Waals surface area contributed by atoms with Gasteiger partial charge in [0.05, 0.1) is 0 Å². The number of rotatable bonds is 0. The Morgan fingerprint density at radius 2 is 1.50 bits per heavy atom. The fraction of sp³-hybridized carbons (Fsp3) is 0.143. The summed E-state index contributed by atoms with van der Waals surface area (Å²) in [6.45, 7) is 0. The van der Waals surface area contributed by atoms with E-state index >= 15 is 0 Å². The van der Waals surface area contributed by atoms with Gasteiger partial charge in [-0.05, 0) is 63.4 Å². The van der Waals surface area contributed by atoms with Crippen LogP contribution in [-0.2, 0) is 0 Å². The van der Waals surface area contributed by atoms with Gasteiger partial charge in [-0.2, -0.15) is 0 Å². The average Bonchev–Trinajstić information content (AvgIpc) is 1.91. The monoisotopic (exact) mass is 362 g/mol. The van der Waals surface area contributed by atoms with Crippen LogP contribution >= 0.6 is 45.2 Å². The predicted molar refractivity (Wildman–Crippen MR) is 60.0 cm³/mol. The summed E-state index contributed by atoms with van der Waals surface area (Å²) in [5.74, 6) is 0. The number of benzene rings is 1. The highest BCUT2D eigenvalue weighted by Crippen LogP contribution is 2.08. The molecule has 0 saturated heterocycles. The zero-order valence-electron chi connectivity index (χ0n) is 5.51. The fourth-order valence-electron chi connectivity index (χ4n) is 0.460. The van der Waals surface area contributed by atoms with Crippen molar-refractivity contribution in [3.05, 3.63) is 31.4 Å². The van der Waals surface area contributed by atoms with E-state index in [-0.39, 0.29) is 0 Å². The first-order valence-corrected chi connectivity index (χ1v) is 4.80. The van der Waals surface area contributed by atoms with Crippen molar-refractivity contribution in [1.82, 2.24) is 0 Å². The maximum Gasteiger partial charge on any atom is 0.0319 e. The first-order chi connectivity index (χ1) is 4.79. The van der Waals surface area contributed by atoms with Crippen LogP contribution in [0.1, 0.15) is 0 Å². The molecule has 1 aromatic rings. The number of hydrogen-bond donors (Lipinski definition) is 1. The van der Waals surface area contributed by atoms with Crippen LogP contribution in [0.5, 0.6) is 0 Å². The summed E-state index contributed by atoms with van der Waals surface area (Å²) < 4.78 is 2.60. The van der Waals surface area contributed by atoms with Crippen LogP contribution in [0.25, 0.3) is 0 Å². The average molecular weight is 362 g/mol. The molecular weight excluding hydrogens is 354 g/mol. The second-order valence-electron chi connectivity index (χ2n) is 1.44. The molecule has 0 unspecified atom stereocenters. The lowest BCUT2D eigenvalue weighted by molar-refractivity contribution is 0.399. The van der Waals surface area contributed by atoms with Gasteiger partial charge in [0.2, 0.25) is 0 Å². The van der Waals surface area contributed by atoms with Gasteiger partial charge < -0.3 is 5.11 Å². The molecule has 0 aromatic heterocycles. The highest BCUT2D eigenvalue weighted by Gasteiger charge is 1.83. The van der Waals surface area contributed by atoms with E-state index in [1.54, 1.807) is 0 Å². The van der Waals surface area contributed by atoms with Gasteiger partial charge in [-0.1, -0.05) is 6.07 Å². The molecule has 0 fully saturated rings. The van der Waals surface area contributed by atoms with Crippen LogP contribution in [0.3, 0.4) is 0 Å². The Hall–Kier alpha value is 0.640. The minimum absolute atomic E-state index is 1.00. The van der Waals surface area contributed by atoms with E-state index in [2.05, 4.69) is 69.4 Å². The Kier molecular flexibility index (Phi) is 6.76. The van der Waals surface area contributed by atoms with Crippen LogP contribution in [-0.4, -0.2) is 12.2 Å². The van der Waals surface area contributed by atoms with E-state index in [0.29, 0.717) is 0 Å². The van der Waals surface area contributed by atoms with E-state index < -0.39 is 0 Å². The van der Waals surface area contributed by atoms with E-state index in [9.17, 15) is 0 Å². The third-order valence-corrected chi connectivity index (χ3v) is 2.13. The topological polar surface area (TPSA) is 20.2 Å². The summed E-state index contributed by atoms with van der Waals surface area (Å²) in [5, 5.41) is 7.00. The van der Waals surface area contributed by atoms with Crippen molar-refractivity contribution < 1.29 is 5.11 Å². The lowest BCUT2D eigenvalue weighted by Gasteiger charge is -1.87. The quantitative estimate of drug-likeness (QED) is 0.704. The molecule has 0 saturated carbocycles. The predicted octanol–water partition coefficient (Wildman–Crippen LogP) is 2.50. The molecule has 0 heterocycles. The van der Waals surface area contributed by atoms with Crippen molar-refractivity contribution in [3.63, 3.8) is 0 Å². The van der Waals surface area contributed by atoms with Crippen molar-refractivity contribution in [2.75, 3.05) is 7.11 Å². The summed E-state index contributed by atoms with van der Waals surface area (Å²) in [5.41, 5.74) is 0. The SMILES string of the molecule is CO.Ic1cccc(I)c1. The van der Waals surface area contributed by atoms with Gasteiger partial charge in [0, 0.05) is 14.3 Å². The molecule has 1 N–H and O–H groups in total. The molecule has 0 atom stereocenters. The number of halogens is 2. The first-order valence-electron chi connectivity index (χ1n) is 2.65. The molecule has 1 rings (SSSR count). The summed E-state index contributed by atoms with van der Waals surface area (Å²) in [6, 6.07) is 8.37. The Balaban J connectivity index is 0.000000371. The Morgan fingerprint density at radius 1 is 1.10 bits per heavy atom. The summed E-state index contributed by atoms with van der Waals surface area (Å²) in [4.78, 5) is 0. The summed E-state index contributed by atoms with van der Waals surface area (Å²) in [7, 11) is 1.00. The van der Waals surface area contributed by atoms with Gasteiger partial charge in [0.1, 0.15) is 0 Å². The van der Waals surface area contributed by atoms with Crippen LogP contribution in [0.2, 0.25) is 0 Å². The molecule has 3 heteroatoms.